The molecule has 2 aromatic rings. The van der Waals surface area contributed by atoms with Crippen LogP contribution in [-0.4, -0.2) is 17.3 Å². The summed E-state index contributed by atoms with van der Waals surface area (Å²) in [5.41, 5.74) is 0.951. The molecule has 2 N–H and O–H groups in total. The van der Waals surface area contributed by atoms with Gasteiger partial charge in [-0.3, -0.25) is 0 Å². The summed E-state index contributed by atoms with van der Waals surface area (Å²) in [5, 5.41) is 19.4. The van der Waals surface area contributed by atoms with Crippen LogP contribution in [0.25, 0.3) is 0 Å². The predicted molar refractivity (Wildman–Crippen MR) is 69.7 cm³/mol. The summed E-state index contributed by atoms with van der Waals surface area (Å²) < 4.78 is 18.7. The molecule has 0 amide bonds. The lowest BCUT2D eigenvalue weighted by Gasteiger charge is -2.13. The van der Waals surface area contributed by atoms with Crippen LogP contribution in [0.2, 0.25) is 0 Å². The molecular weight excluding hydrogens is 247 g/mol. The third-order valence-electron chi connectivity index (χ3n) is 2.91. The molecule has 4 heteroatoms. The molecule has 0 radical (unpaired) electrons. The Bertz CT molecular complexity index is 569. The van der Waals surface area contributed by atoms with Crippen LogP contribution in [0.5, 0.6) is 11.5 Å². The highest BCUT2D eigenvalue weighted by Gasteiger charge is 2.14. The normalized spacial score (nSPS) is 12.2. The number of benzene rings is 2. The monoisotopic (exact) mass is 262 g/mol. The third-order valence-corrected chi connectivity index (χ3v) is 2.91. The Morgan fingerprint density at radius 1 is 1.21 bits per heavy atom. The summed E-state index contributed by atoms with van der Waals surface area (Å²) in [6.45, 7) is 0. The van der Waals surface area contributed by atoms with Crippen LogP contribution < -0.4 is 4.74 Å². The molecular formula is C15H15FO3. The molecule has 2 aromatic carbocycles. The van der Waals surface area contributed by atoms with Gasteiger partial charge in [0.05, 0.1) is 13.2 Å². The largest absolute Gasteiger partial charge is 0.508 e. The zero-order valence-electron chi connectivity index (χ0n) is 10.5. The fraction of sp³-hybridized carbons (Fsp3) is 0.200. The van der Waals surface area contributed by atoms with Gasteiger partial charge in [-0.05, 0) is 29.8 Å². The minimum absolute atomic E-state index is 0.125. The van der Waals surface area contributed by atoms with E-state index in [1.807, 2.05) is 0 Å². The van der Waals surface area contributed by atoms with Crippen molar-refractivity contribution in [1.29, 1.82) is 0 Å². The summed E-state index contributed by atoms with van der Waals surface area (Å²) >= 11 is 0. The Morgan fingerprint density at radius 2 is 2.00 bits per heavy atom. The van der Waals surface area contributed by atoms with Gasteiger partial charge in [0, 0.05) is 18.1 Å². The van der Waals surface area contributed by atoms with Gasteiger partial charge in [0.2, 0.25) is 0 Å². The maximum atomic E-state index is 13.8. The Hall–Kier alpha value is -2.07. The van der Waals surface area contributed by atoms with Crippen LogP contribution >= 0.6 is 0 Å². The van der Waals surface area contributed by atoms with Crippen molar-refractivity contribution in [2.24, 2.45) is 0 Å². The van der Waals surface area contributed by atoms with Crippen molar-refractivity contribution >= 4 is 0 Å². The van der Waals surface area contributed by atoms with E-state index in [0.29, 0.717) is 5.75 Å². The van der Waals surface area contributed by atoms with Crippen LogP contribution in [0.1, 0.15) is 17.2 Å². The zero-order valence-corrected chi connectivity index (χ0v) is 10.5. The van der Waals surface area contributed by atoms with Crippen molar-refractivity contribution in [1.82, 2.24) is 0 Å². The maximum Gasteiger partial charge on any atom is 0.132 e. The number of hydrogen-bond donors (Lipinski definition) is 2. The molecule has 0 fully saturated rings. The molecule has 100 valence electrons. The summed E-state index contributed by atoms with van der Waals surface area (Å²) in [4.78, 5) is 0. The van der Waals surface area contributed by atoms with E-state index in [1.54, 1.807) is 30.3 Å². The second-order valence-electron chi connectivity index (χ2n) is 4.28. The molecule has 0 saturated carbocycles. The molecule has 1 atom stereocenters. The maximum absolute atomic E-state index is 13.8. The van der Waals surface area contributed by atoms with Crippen molar-refractivity contribution in [3.63, 3.8) is 0 Å². The van der Waals surface area contributed by atoms with Gasteiger partial charge in [0.15, 0.2) is 0 Å². The number of hydrogen-bond acceptors (Lipinski definition) is 3. The first-order valence-electron chi connectivity index (χ1n) is 5.89. The van der Waals surface area contributed by atoms with Crippen LogP contribution in [0.4, 0.5) is 4.39 Å². The standard InChI is InChI=1S/C15H15FO3/c1-19-12-5-6-13(14(16)9-12)15(18)8-10-3-2-4-11(17)7-10/h2-7,9,15,17-18H,8H2,1H3. The highest BCUT2D eigenvalue weighted by molar-refractivity contribution is 5.32. The number of aromatic hydroxyl groups is 1. The molecule has 0 aromatic heterocycles. The van der Waals surface area contributed by atoms with Crippen molar-refractivity contribution in [3.8, 4) is 11.5 Å². The minimum Gasteiger partial charge on any atom is -0.508 e. The number of halogens is 1. The molecule has 0 aliphatic rings. The quantitative estimate of drug-likeness (QED) is 0.890. The number of rotatable bonds is 4. The van der Waals surface area contributed by atoms with E-state index in [4.69, 9.17) is 4.74 Å². The number of phenols is 1. The minimum atomic E-state index is -0.965. The zero-order chi connectivity index (χ0) is 13.8. The van der Waals surface area contributed by atoms with Crippen LogP contribution in [0.3, 0.4) is 0 Å². The fourth-order valence-corrected chi connectivity index (χ4v) is 1.92. The first-order valence-corrected chi connectivity index (χ1v) is 5.89. The topological polar surface area (TPSA) is 49.7 Å². The second-order valence-corrected chi connectivity index (χ2v) is 4.28. The SMILES string of the molecule is COc1ccc(C(O)Cc2cccc(O)c2)c(F)c1. The Balaban J connectivity index is 2.18. The predicted octanol–water partition coefficient (Wildman–Crippen LogP) is 2.82. The van der Waals surface area contributed by atoms with Gasteiger partial charge in [-0.1, -0.05) is 12.1 Å². The molecule has 19 heavy (non-hydrogen) atoms. The van der Waals surface area contributed by atoms with Gasteiger partial charge in [-0.25, -0.2) is 4.39 Å². The number of phenolic OH excluding ortho intramolecular Hbond substituents is 1. The van der Waals surface area contributed by atoms with Crippen LogP contribution in [0.15, 0.2) is 42.5 Å². The smallest absolute Gasteiger partial charge is 0.132 e. The first-order chi connectivity index (χ1) is 9.10. The number of ether oxygens (including phenoxy) is 1. The molecule has 0 aliphatic carbocycles. The molecule has 0 saturated heterocycles. The van der Waals surface area contributed by atoms with Gasteiger partial charge in [-0.15, -0.1) is 0 Å². The number of aliphatic hydroxyl groups excluding tert-OH is 1. The van der Waals surface area contributed by atoms with Gasteiger partial charge < -0.3 is 14.9 Å². The summed E-state index contributed by atoms with van der Waals surface area (Å²) in [6, 6.07) is 10.9. The molecule has 0 aliphatic heterocycles. The van der Waals surface area contributed by atoms with E-state index < -0.39 is 11.9 Å². The van der Waals surface area contributed by atoms with Crippen LogP contribution in [-0.2, 0) is 6.42 Å². The van der Waals surface area contributed by atoms with E-state index in [-0.39, 0.29) is 17.7 Å². The van der Waals surface area contributed by atoms with E-state index >= 15 is 0 Å². The Labute approximate surface area is 110 Å². The molecule has 3 nitrogen and oxygen atoms in total. The molecule has 2 rings (SSSR count). The second kappa shape index (κ2) is 5.71. The highest BCUT2D eigenvalue weighted by Crippen LogP contribution is 2.25. The van der Waals surface area contributed by atoms with Crippen molar-refractivity contribution in [2.75, 3.05) is 7.11 Å². The number of methoxy groups -OCH3 is 1. The Kier molecular flexibility index (Phi) is 4.02. The van der Waals surface area contributed by atoms with E-state index in [1.165, 1.54) is 19.2 Å². The van der Waals surface area contributed by atoms with Crippen molar-refractivity contribution in [3.05, 3.63) is 59.4 Å². The average Bonchev–Trinajstić information content (AvgIpc) is 2.38. The van der Waals surface area contributed by atoms with Crippen molar-refractivity contribution < 1.29 is 19.3 Å². The lowest BCUT2D eigenvalue weighted by Crippen LogP contribution is -2.04. The molecule has 1 unspecified atom stereocenters. The summed E-state index contributed by atoms with van der Waals surface area (Å²) in [5.74, 6) is 0.0257. The lowest BCUT2D eigenvalue weighted by atomic mass is 10.0. The van der Waals surface area contributed by atoms with Crippen molar-refractivity contribution in [2.45, 2.75) is 12.5 Å². The van der Waals surface area contributed by atoms with E-state index in [9.17, 15) is 14.6 Å². The van der Waals surface area contributed by atoms with Crippen LogP contribution in [0, 0.1) is 5.82 Å². The first kappa shape index (κ1) is 13.4. The third kappa shape index (κ3) is 3.23. The Morgan fingerprint density at radius 3 is 2.63 bits per heavy atom. The molecule has 0 bridgehead atoms. The lowest BCUT2D eigenvalue weighted by molar-refractivity contribution is 0.173. The van der Waals surface area contributed by atoms with Gasteiger partial charge in [0.25, 0.3) is 0 Å². The highest BCUT2D eigenvalue weighted by atomic mass is 19.1. The van der Waals surface area contributed by atoms with Gasteiger partial charge in [0.1, 0.15) is 17.3 Å². The average molecular weight is 262 g/mol. The summed E-state index contributed by atoms with van der Waals surface area (Å²) in [6.07, 6.45) is -0.731. The molecule has 0 heterocycles. The number of aliphatic hydroxyl groups is 1. The molecule has 0 spiro atoms. The van der Waals surface area contributed by atoms with Gasteiger partial charge in [-0.2, -0.15) is 0 Å². The summed E-state index contributed by atoms with van der Waals surface area (Å²) in [7, 11) is 1.46. The fourth-order valence-electron chi connectivity index (χ4n) is 1.92. The van der Waals surface area contributed by atoms with E-state index in [0.717, 1.165) is 5.56 Å². The van der Waals surface area contributed by atoms with E-state index in [2.05, 4.69) is 0 Å². The van der Waals surface area contributed by atoms with Gasteiger partial charge >= 0.3 is 0 Å².